The zero-order chi connectivity index (χ0) is 16.6. The van der Waals surface area contributed by atoms with Crippen LogP contribution in [0.25, 0.3) is 0 Å². The lowest BCUT2D eigenvalue weighted by molar-refractivity contribution is 0.0769. The first-order valence-electron chi connectivity index (χ1n) is 8.53. The minimum atomic E-state index is 0.203. The quantitative estimate of drug-likeness (QED) is 0.842. The van der Waals surface area contributed by atoms with Crippen molar-refractivity contribution in [3.63, 3.8) is 0 Å². The highest BCUT2D eigenvalue weighted by Gasteiger charge is 2.42. The minimum absolute atomic E-state index is 0.203. The summed E-state index contributed by atoms with van der Waals surface area (Å²) in [6, 6.07) is 7.95. The summed E-state index contributed by atoms with van der Waals surface area (Å²) in [7, 11) is 0. The molecule has 0 aliphatic carbocycles. The molecule has 24 heavy (non-hydrogen) atoms. The molecule has 2 aliphatic rings. The fourth-order valence-electron chi connectivity index (χ4n) is 3.84. The van der Waals surface area contributed by atoms with Gasteiger partial charge in [-0.3, -0.25) is 4.79 Å². The molecule has 6 heteroatoms. The van der Waals surface area contributed by atoms with Crippen molar-refractivity contribution in [2.75, 3.05) is 31.1 Å². The Morgan fingerprint density at radius 1 is 1.12 bits per heavy atom. The van der Waals surface area contributed by atoms with E-state index >= 15 is 0 Å². The molecule has 0 saturated carbocycles. The number of nitrogens with zero attached hydrogens (tertiary/aromatic N) is 4. The Morgan fingerprint density at radius 2 is 1.92 bits per heavy atom. The molecule has 0 atom stereocenters. The number of carbonyl (C=O) groups excluding carboxylic acids is 1. The molecule has 0 unspecified atom stereocenters. The third kappa shape index (κ3) is 2.90. The van der Waals surface area contributed by atoms with Crippen LogP contribution in [-0.2, 0) is 0 Å². The average molecular weight is 342 g/mol. The van der Waals surface area contributed by atoms with Gasteiger partial charge in [-0.1, -0.05) is 6.07 Å². The predicted octanol–water partition coefficient (Wildman–Crippen LogP) is 2.98. The van der Waals surface area contributed by atoms with E-state index in [1.165, 1.54) is 11.3 Å². The lowest BCUT2D eigenvalue weighted by atomic mass is 9.78. The van der Waals surface area contributed by atoms with Crippen LogP contribution < -0.4 is 4.90 Å². The van der Waals surface area contributed by atoms with Gasteiger partial charge in [-0.05, 0) is 55.2 Å². The van der Waals surface area contributed by atoms with Crippen molar-refractivity contribution in [1.29, 1.82) is 0 Å². The molecule has 0 bridgehead atoms. The summed E-state index contributed by atoms with van der Waals surface area (Å²) in [6.07, 6.45) is 3.37. The van der Waals surface area contributed by atoms with Gasteiger partial charge < -0.3 is 9.80 Å². The van der Waals surface area contributed by atoms with E-state index in [1.807, 2.05) is 35.4 Å². The summed E-state index contributed by atoms with van der Waals surface area (Å²) in [5, 5.41) is 10.4. The first-order valence-corrected chi connectivity index (χ1v) is 9.41. The third-order valence-corrected chi connectivity index (χ3v) is 6.25. The lowest BCUT2D eigenvalue weighted by Gasteiger charge is -2.39. The van der Waals surface area contributed by atoms with Gasteiger partial charge in [0, 0.05) is 26.2 Å². The predicted molar refractivity (Wildman–Crippen MR) is 95.5 cm³/mol. The summed E-state index contributed by atoms with van der Waals surface area (Å²) in [6.45, 7) is 5.75. The highest BCUT2D eigenvalue weighted by molar-refractivity contribution is 7.12. The summed E-state index contributed by atoms with van der Waals surface area (Å²) >= 11 is 1.54. The first-order chi connectivity index (χ1) is 11.7. The second-order valence-electron chi connectivity index (χ2n) is 6.97. The number of anilines is 1. The lowest BCUT2D eigenvalue weighted by Crippen LogP contribution is -2.42. The van der Waals surface area contributed by atoms with E-state index in [0.717, 1.165) is 61.8 Å². The summed E-state index contributed by atoms with van der Waals surface area (Å²) < 4.78 is 0. The van der Waals surface area contributed by atoms with Crippen LogP contribution in [0.3, 0.4) is 0 Å². The topological polar surface area (TPSA) is 49.3 Å². The second kappa shape index (κ2) is 6.16. The van der Waals surface area contributed by atoms with Crippen molar-refractivity contribution in [2.45, 2.75) is 26.2 Å². The van der Waals surface area contributed by atoms with Crippen molar-refractivity contribution in [1.82, 2.24) is 15.1 Å². The molecule has 5 nitrogen and oxygen atoms in total. The number of piperidine rings is 1. The molecular weight excluding hydrogens is 320 g/mol. The van der Waals surface area contributed by atoms with Gasteiger partial charge in [-0.15, -0.1) is 16.4 Å². The average Bonchev–Trinajstić information content (AvgIpc) is 3.27. The van der Waals surface area contributed by atoms with Gasteiger partial charge in [0.1, 0.15) is 0 Å². The summed E-state index contributed by atoms with van der Waals surface area (Å²) in [5.41, 5.74) is 1.24. The number of aryl methyl sites for hydroxylation is 1. The smallest absolute Gasteiger partial charge is 0.263 e. The zero-order valence-electron chi connectivity index (χ0n) is 13.9. The van der Waals surface area contributed by atoms with Crippen molar-refractivity contribution in [2.24, 2.45) is 5.41 Å². The van der Waals surface area contributed by atoms with E-state index in [2.05, 4.69) is 21.2 Å². The molecule has 2 aromatic rings. The number of thiophene rings is 1. The molecule has 0 radical (unpaired) electrons. The minimum Gasteiger partial charge on any atom is -0.355 e. The molecule has 2 aliphatic heterocycles. The largest absolute Gasteiger partial charge is 0.355 e. The van der Waals surface area contributed by atoms with Crippen LogP contribution >= 0.6 is 11.3 Å². The van der Waals surface area contributed by atoms with Gasteiger partial charge in [0.2, 0.25) is 0 Å². The maximum absolute atomic E-state index is 12.6. The Balaban J connectivity index is 1.39. The molecule has 1 amide bonds. The number of rotatable bonds is 2. The van der Waals surface area contributed by atoms with Gasteiger partial charge in [0.25, 0.3) is 5.91 Å². The number of hydrogen-bond donors (Lipinski definition) is 0. The van der Waals surface area contributed by atoms with E-state index < -0.39 is 0 Å². The third-order valence-electron chi connectivity index (χ3n) is 5.39. The number of aromatic nitrogens is 2. The zero-order valence-corrected chi connectivity index (χ0v) is 14.8. The Hall–Kier alpha value is -1.95. The van der Waals surface area contributed by atoms with Crippen LogP contribution in [0.15, 0.2) is 29.6 Å². The number of likely N-dealkylation sites (tertiary alicyclic amines) is 1. The molecule has 0 N–H and O–H groups in total. The van der Waals surface area contributed by atoms with Gasteiger partial charge in [-0.2, -0.15) is 5.10 Å². The molecule has 126 valence electrons. The molecule has 0 aromatic carbocycles. The number of hydrogen-bond acceptors (Lipinski definition) is 5. The highest BCUT2D eigenvalue weighted by Crippen LogP contribution is 2.41. The van der Waals surface area contributed by atoms with E-state index in [4.69, 9.17) is 0 Å². The monoisotopic (exact) mass is 342 g/mol. The van der Waals surface area contributed by atoms with Crippen molar-refractivity contribution in [3.8, 4) is 0 Å². The normalized spacial score (nSPS) is 19.9. The van der Waals surface area contributed by atoms with Crippen LogP contribution in [0.2, 0.25) is 0 Å². The molecule has 1 spiro atoms. The van der Waals surface area contributed by atoms with E-state index in [0.29, 0.717) is 5.41 Å². The molecular formula is C18H22N4OS. The summed E-state index contributed by atoms with van der Waals surface area (Å²) in [5.74, 6) is 1.17. The standard InChI is InChI=1S/C18H22N4OS/c1-14-4-5-16(20-19-14)21-9-6-18(7-10-21)8-11-22(13-18)17(23)15-3-2-12-24-15/h2-5,12H,6-11,13H2,1H3. The van der Waals surface area contributed by atoms with E-state index in [9.17, 15) is 4.79 Å². The Bertz CT molecular complexity index is 705. The molecule has 2 fully saturated rings. The molecule has 2 aromatic heterocycles. The van der Waals surface area contributed by atoms with Crippen molar-refractivity contribution >= 4 is 23.1 Å². The van der Waals surface area contributed by atoms with Crippen LogP contribution in [0.4, 0.5) is 5.82 Å². The fourth-order valence-corrected chi connectivity index (χ4v) is 4.53. The number of amides is 1. The van der Waals surface area contributed by atoms with Crippen molar-refractivity contribution in [3.05, 3.63) is 40.2 Å². The maximum atomic E-state index is 12.6. The first kappa shape index (κ1) is 15.6. The van der Waals surface area contributed by atoms with Crippen LogP contribution in [0, 0.1) is 12.3 Å². The van der Waals surface area contributed by atoms with Crippen LogP contribution in [0.5, 0.6) is 0 Å². The SMILES string of the molecule is Cc1ccc(N2CCC3(CCN(C(=O)c4cccs4)C3)CC2)nn1. The summed E-state index contributed by atoms with van der Waals surface area (Å²) in [4.78, 5) is 17.8. The second-order valence-corrected chi connectivity index (χ2v) is 7.92. The molecule has 4 rings (SSSR count). The number of carbonyl (C=O) groups is 1. The van der Waals surface area contributed by atoms with E-state index in [-0.39, 0.29) is 5.91 Å². The van der Waals surface area contributed by atoms with Crippen LogP contribution in [0.1, 0.15) is 34.6 Å². The van der Waals surface area contributed by atoms with Gasteiger partial charge in [-0.25, -0.2) is 0 Å². The van der Waals surface area contributed by atoms with Crippen molar-refractivity contribution < 1.29 is 4.79 Å². The fraction of sp³-hybridized carbons (Fsp3) is 0.500. The van der Waals surface area contributed by atoms with Crippen LogP contribution in [-0.4, -0.2) is 47.2 Å². The maximum Gasteiger partial charge on any atom is 0.263 e. The van der Waals surface area contributed by atoms with Gasteiger partial charge >= 0.3 is 0 Å². The van der Waals surface area contributed by atoms with Gasteiger partial charge in [0.15, 0.2) is 5.82 Å². The Kier molecular flexibility index (Phi) is 4.00. The van der Waals surface area contributed by atoms with Gasteiger partial charge in [0.05, 0.1) is 10.6 Å². The molecule has 4 heterocycles. The van der Waals surface area contributed by atoms with E-state index in [1.54, 1.807) is 0 Å². The Labute approximate surface area is 146 Å². The molecule has 2 saturated heterocycles. The Morgan fingerprint density at radius 3 is 2.58 bits per heavy atom. The highest BCUT2D eigenvalue weighted by atomic mass is 32.1.